The summed E-state index contributed by atoms with van der Waals surface area (Å²) in [5, 5.41) is 11.3. The molecule has 1 aliphatic rings. The fourth-order valence-electron chi connectivity index (χ4n) is 2.76. The highest BCUT2D eigenvalue weighted by molar-refractivity contribution is 5.90. The summed E-state index contributed by atoms with van der Waals surface area (Å²) in [4.78, 5) is 22.8. The molecule has 2 aromatic carbocycles. The molecule has 0 saturated carbocycles. The molecule has 148 valence electrons. The van der Waals surface area contributed by atoms with Gasteiger partial charge in [0.05, 0.1) is 35.8 Å². The maximum atomic E-state index is 12.5. The van der Waals surface area contributed by atoms with Crippen molar-refractivity contribution in [1.29, 1.82) is 0 Å². The van der Waals surface area contributed by atoms with Crippen LogP contribution in [0.15, 0.2) is 30.3 Å². The van der Waals surface area contributed by atoms with Crippen molar-refractivity contribution in [2.75, 3.05) is 13.7 Å². The average molecular weight is 395 g/mol. The van der Waals surface area contributed by atoms with Gasteiger partial charge in [0.1, 0.15) is 12.4 Å². The van der Waals surface area contributed by atoms with E-state index in [9.17, 15) is 23.7 Å². The molecule has 1 aliphatic heterocycles. The van der Waals surface area contributed by atoms with Crippen LogP contribution in [0, 0.1) is 10.1 Å². The van der Waals surface area contributed by atoms with Crippen LogP contribution in [0.5, 0.6) is 17.2 Å². The Bertz CT molecular complexity index is 917. The Hall–Kier alpha value is -3.43. The second-order valence-electron chi connectivity index (χ2n) is 5.76. The molecule has 0 fully saturated rings. The first-order valence-electron chi connectivity index (χ1n) is 8.12. The third-order valence-corrected chi connectivity index (χ3v) is 4.06. The van der Waals surface area contributed by atoms with Crippen LogP contribution in [0.2, 0.25) is 0 Å². The first-order valence-corrected chi connectivity index (χ1v) is 8.12. The molecular weight excluding hydrogens is 380 g/mol. The van der Waals surface area contributed by atoms with Gasteiger partial charge in [0.2, 0.25) is 0 Å². The Kier molecular flexibility index (Phi) is 5.57. The van der Waals surface area contributed by atoms with Crippen molar-refractivity contribution >= 4 is 11.7 Å². The van der Waals surface area contributed by atoms with Crippen molar-refractivity contribution < 1.29 is 37.4 Å². The van der Waals surface area contributed by atoms with Gasteiger partial charge in [-0.25, -0.2) is 4.79 Å². The summed E-state index contributed by atoms with van der Waals surface area (Å²) in [6.45, 7) is -3.10. The third kappa shape index (κ3) is 4.11. The summed E-state index contributed by atoms with van der Waals surface area (Å²) < 4.78 is 44.6. The topological polar surface area (TPSA) is 97.1 Å². The zero-order valence-electron chi connectivity index (χ0n) is 14.6. The molecule has 0 aliphatic carbocycles. The van der Waals surface area contributed by atoms with Crippen molar-refractivity contribution in [3.63, 3.8) is 0 Å². The number of alkyl halides is 2. The molecule has 0 bridgehead atoms. The largest absolute Gasteiger partial charge is 0.493 e. The van der Waals surface area contributed by atoms with Gasteiger partial charge in [-0.05, 0) is 29.8 Å². The van der Waals surface area contributed by atoms with Crippen molar-refractivity contribution in [3.05, 3.63) is 57.1 Å². The highest BCUT2D eigenvalue weighted by atomic mass is 19.3. The number of nitro groups is 1. The van der Waals surface area contributed by atoms with E-state index in [2.05, 4.69) is 4.74 Å². The van der Waals surface area contributed by atoms with Gasteiger partial charge >= 0.3 is 12.6 Å². The minimum absolute atomic E-state index is 0.0266. The van der Waals surface area contributed by atoms with E-state index in [0.717, 1.165) is 17.7 Å². The molecule has 0 N–H and O–H groups in total. The summed E-state index contributed by atoms with van der Waals surface area (Å²) in [7, 11) is 1.20. The molecule has 0 radical (unpaired) electrons. The van der Waals surface area contributed by atoms with Gasteiger partial charge in [-0.3, -0.25) is 10.1 Å². The lowest BCUT2D eigenvalue weighted by Gasteiger charge is -2.12. The fourth-order valence-corrected chi connectivity index (χ4v) is 2.76. The smallest absolute Gasteiger partial charge is 0.387 e. The number of nitrogens with zero attached hydrogens (tertiary/aromatic N) is 1. The van der Waals surface area contributed by atoms with Crippen molar-refractivity contribution in [2.24, 2.45) is 0 Å². The fraction of sp³-hybridized carbons (Fsp3) is 0.278. The van der Waals surface area contributed by atoms with Crippen LogP contribution in [-0.2, 0) is 17.8 Å². The third-order valence-electron chi connectivity index (χ3n) is 4.06. The molecule has 1 heterocycles. The van der Waals surface area contributed by atoms with Gasteiger partial charge in [-0.2, -0.15) is 8.78 Å². The monoisotopic (exact) mass is 395 g/mol. The van der Waals surface area contributed by atoms with Crippen LogP contribution in [0.4, 0.5) is 14.5 Å². The summed E-state index contributed by atoms with van der Waals surface area (Å²) in [5.41, 5.74) is 0.583. The van der Waals surface area contributed by atoms with Crippen molar-refractivity contribution in [1.82, 2.24) is 0 Å². The first-order chi connectivity index (χ1) is 13.4. The second kappa shape index (κ2) is 8.07. The lowest BCUT2D eigenvalue weighted by Crippen LogP contribution is -2.09. The molecule has 0 spiro atoms. The predicted molar refractivity (Wildman–Crippen MR) is 91.0 cm³/mol. The molecular formula is C18H15F2NO7. The number of methoxy groups -OCH3 is 1. The summed E-state index contributed by atoms with van der Waals surface area (Å²) >= 11 is 0. The highest BCUT2D eigenvalue weighted by Crippen LogP contribution is 2.36. The van der Waals surface area contributed by atoms with Crippen LogP contribution in [0.3, 0.4) is 0 Å². The standard InChI is InChI=1S/C18H15F2NO7/c1-25-15-7-12(13(21(23)24)8-16(15)28-18(19)20)9-27-17(22)11-2-3-14-10(6-11)4-5-26-14/h2-3,6-8,18H,4-5,9H2,1H3. The van der Waals surface area contributed by atoms with Gasteiger partial charge < -0.3 is 18.9 Å². The molecule has 0 amide bonds. The van der Waals surface area contributed by atoms with Gasteiger partial charge in [-0.15, -0.1) is 0 Å². The highest BCUT2D eigenvalue weighted by Gasteiger charge is 2.23. The van der Waals surface area contributed by atoms with E-state index in [-0.39, 0.29) is 16.9 Å². The van der Waals surface area contributed by atoms with E-state index in [1.807, 2.05) is 0 Å². The van der Waals surface area contributed by atoms with E-state index in [1.165, 1.54) is 13.2 Å². The van der Waals surface area contributed by atoms with Crippen LogP contribution in [-0.4, -0.2) is 31.2 Å². The van der Waals surface area contributed by atoms with Crippen molar-refractivity contribution in [3.8, 4) is 17.2 Å². The molecule has 28 heavy (non-hydrogen) atoms. The zero-order valence-corrected chi connectivity index (χ0v) is 14.6. The number of ether oxygens (including phenoxy) is 4. The normalized spacial score (nSPS) is 12.3. The van der Waals surface area contributed by atoms with Gasteiger partial charge in [-0.1, -0.05) is 0 Å². The minimum atomic E-state index is -3.18. The number of nitro benzene ring substituents is 1. The van der Waals surface area contributed by atoms with Gasteiger partial charge in [0.25, 0.3) is 5.69 Å². The molecule has 0 unspecified atom stereocenters. The van der Waals surface area contributed by atoms with Crippen LogP contribution < -0.4 is 14.2 Å². The Labute approximate surface area is 157 Å². The minimum Gasteiger partial charge on any atom is -0.493 e. The molecule has 10 heteroatoms. The summed E-state index contributed by atoms with van der Waals surface area (Å²) in [6.07, 6.45) is 0.671. The number of hydrogen-bond donors (Lipinski definition) is 0. The Morgan fingerprint density at radius 3 is 2.75 bits per heavy atom. The van der Waals surface area contributed by atoms with E-state index in [4.69, 9.17) is 14.2 Å². The molecule has 0 atom stereocenters. The molecule has 0 saturated heterocycles. The number of carbonyl (C=O) groups excluding carboxylic acids is 1. The van der Waals surface area contributed by atoms with Gasteiger partial charge in [0, 0.05) is 6.42 Å². The number of rotatable bonds is 7. The van der Waals surface area contributed by atoms with E-state index >= 15 is 0 Å². The summed E-state index contributed by atoms with van der Waals surface area (Å²) in [6, 6.07) is 6.75. The number of carbonyl (C=O) groups is 1. The van der Waals surface area contributed by atoms with E-state index in [0.29, 0.717) is 18.8 Å². The van der Waals surface area contributed by atoms with Gasteiger partial charge in [0.15, 0.2) is 11.5 Å². The second-order valence-corrected chi connectivity index (χ2v) is 5.76. The molecule has 3 rings (SSSR count). The SMILES string of the molecule is COc1cc(COC(=O)c2ccc3c(c2)CCO3)c([N+](=O)[O-])cc1OC(F)F. The predicted octanol–water partition coefficient (Wildman–Crippen LogP) is 3.50. The van der Waals surface area contributed by atoms with Crippen LogP contribution >= 0.6 is 0 Å². The number of fused-ring (bicyclic) bond motifs is 1. The van der Waals surface area contributed by atoms with E-state index < -0.39 is 35.5 Å². The number of halogens is 2. The average Bonchev–Trinajstić information content (AvgIpc) is 3.13. The Morgan fingerprint density at radius 1 is 1.29 bits per heavy atom. The first kappa shape index (κ1) is 19.3. The molecule has 8 nitrogen and oxygen atoms in total. The quantitative estimate of drug-likeness (QED) is 0.402. The zero-order chi connectivity index (χ0) is 20.3. The molecule has 2 aromatic rings. The maximum absolute atomic E-state index is 12.5. The number of esters is 1. The van der Waals surface area contributed by atoms with E-state index in [1.54, 1.807) is 12.1 Å². The summed E-state index contributed by atoms with van der Waals surface area (Å²) in [5.74, 6) is -0.619. The van der Waals surface area contributed by atoms with Crippen LogP contribution in [0.1, 0.15) is 21.5 Å². The number of hydrogen-bond acceptors (Lipinski definition) is 7. The lowest BCUT2D eigenvalue weighted by atomic mass is 10.1. The van der Waals surface area contributed by atoms with Crippen molar-refractivity contribution in [2.45, 2.75) is 19.6 Å². The molecule has 0 aromatic heterocycles. The lowest BCUT2D eigenvalue weighted by molar-refractivity contribution is -0.386. The Balaban J connectivity index is 1.80. The van der Waals surface area contributed by atoms with Crippen LogP contribution in [0.25, 0.3) is 0 Å². The maximum Gasteiger partial charge on any atom is 0.387 e. The number of benzene rings is 2. The Morgan fingerprint density at radius 2 is 2.07 bits per heavy atom.